The van der Waals surface area contributed by atoms with E-state index in [-0.39, 0.29) is 11.9 Å². The van der Waals surface area contributed by atoms with Crippen LogP contribution in [0.4, 0.5) is 0 Å². The summed E-state index contributed by atoms with van der Waals surface area (Å²) in [5.74, 6) is 0.129. The van der Waals surface area contributed by atoms with Crippen molar-refractivity contribution in [3.63, 3.8) is 0 Å². The van der Waals surface area contributed by atoms with E-state index >= 15 is 0 Å². The highest BCUT2D eigenvalue weighted by Gasteiger charge is 2.27. The Bertz CT molecular complexity index is 413. The first-order valence-corrected chi connectivity index (χ1v) is 6.12. The average molecular weight is 236 g/mol. The second kappa shape index (κ2) is 4.87. The smallest absolute Gasteiger partial charge is 0.244 e. The molecule has 5 nitrogen and oxygen atoms in total. The van der Waals surface area contributed by atoms with E-state index in [1.54, 1.807) is 4.68 Å². The third-order valence-corrected chi connectivity index (χ3v) is 3.36. The number of hydrogen-bond donors (Lipinski definition) is 1. The molecule has 1 atom stereocenters. The summed E-state index contributed by atoms with van der Waals surface area (Å²) in [5.41, 5.74) is 7.65. The Morgan fingerprint density at radius 2 is 2.35 bits per heavy atom. The number of carbonyl (C=O) groups is 1. The first-order valence-electron chi connectivity index (χ1n) is 6.12. The molecule has 1 saturated heterocycles. The second-order valence-electron chi connectivity index (χ2n) is 4.70. The summed E-state index contributed by atoms with van der Waals surface area (Å²) in [6.07, 6.45) is 2.09. The Morgan fingerprint density at radius 1 is 1.59 bits per heavy atom. The standard InChI is InChI=1S/C12H20N4O/c1-9-6-10(2)16(14-9)8-12(17)15-5-3-4-11(15)7-13/h6,11H,3-5,7-8,13H2,1-2H3. The molecule has 0 aliphatic carbocycles. The van der Waals surface area contributed by atoms with Crippen LogP contribution in [0.3, 0.4) is 0 Å². The number of nitrogens with two attached hydrogens (primary N) is 1. The Morgan fingerprint density at radius 3 is 2.94 bits per heavy atom. The van der Waals surface area contributed by atoms with Crippen molar-refractivity contribution in [1.82, 2.24) is 14.7 Å². The van der Waals surface area contributed by atoms with Crippen LogP contribution in [0, 0.1) is 13.8 Å². The number of aromatic nitrogens is 2. The van der Waals surface area contributed by atoms with Crippen LogP contribution in [-0.2, 0) is 11.3 Å². The largest absolute Gasteiger partial charge is 0.337 e. The van der Waals surface area contributed by atoms with Gasteiger partial charge in [0.25, 0.3) is 0 Å². The lowest BCUT2D eigenvalue weighted by molar-refractivity contribution is -0.132. The minimum absolute atomic E-state index is 0.129. The lowest BCUT2D eigenvalue weighted by Crippen LogP contribution is -2.41. The van der Waals surface area contributed by atoms with Crippen molar-refractivity contribution in [2.75, 3.05) is 13.1 Å². The van der Waals surface area contributed by atoms with Gasteiger partial charge in [-0.15, -0.1) is 0 Å². The van der Waals surface area contributed by atoms with E-state index in [0.717, 1.165) is 30.8 Å². The molecule has 0 spiro atoms. The molecule has 1 aromatic heterocycles. The molecule has 2 heterocycles. The Kier molecular flexibility index (Phi) is 3.47. The van der Waals surface area contributed by atoms with E-state index in [2.05, 4.69) is 5.10 Å². The van der Waals surface area contributed by atoms with Crippen molar-refractivity contribution in [3.05, 3.63) is 17.5 Å². The lowest BCUT2D eigenvalue weighted by Gasteiger charge is -2.23. The monoisotopic (exact) mass is 236 g/mol. The van der Waals surface area contributed by atoms with Crippen molar-refractivity contribution in [2.45, 2.75) is 39.3 Å². The van der Waals surface area contributed by atoms with Gasteiger partial charge in [0.2, 0.25) is 5.91 Å². The molecular formula is C12H20N4O. The molecule has 1 aliphatic rings. The van der Waals surface area contributed by atoms with Crippen LogP contribution in [0.5, 0.6) is 0 Å². The molecule has 0 aromatic carbocycles. The Hall–Kier alpha value is -1.36. The van der Waals surface area contributed by atoms with Gasteiger partial charge in [0.15, 0.2) is 0 Å². The van der Waals surface area contributed by atoms with Crippen LogP contribution >= 0.6 is 0 Å². The van der Waals surface area contributed by atoms with Gasteiger partial charge in [-0.3, -0.25) is 9.48 Å². The minimum atomic E-state index is 0.129. The van der Waals surface area contributed by atoms with Gasteiger partial charge in [-0.1, -0.05) is 0 Å². The molecule has 2 rings (SSSR count). The molecule has 17 heavy (non-hydrogen) atoms. The summed E-state index contributed by atoms with van der Waals surface area (Å²) >= 11 is 0. The van der Waals surface area contributed by atoms with Crippen molar-refractivity contribution in [2.24, 2.45) is 5.73 Å². The lowest BCUT2D eigenvalue weighted by atomic mass is 10.2. The number of nitrogens with zero attached hydrogens (tertiary/aromatic N) is 3. The van der Waals surface area contributed by atoms with E-state index in [1.807, 2.05) is 24.8 Å². The van der Waals surface area contributed by atoms with Gasteiger partial charge in [0.1, 0.15) is 6.54 Å². The summed E-state index contributed by atoms with van der Waals surface area (Å²) in [7, 11) is 0. The molecule has 94 valence electrons. The zero-order valence-corrected chi connectivity index (χ0v) is 10.5. The van der Waals surface area contributed by atoms with Crippen LogP contribution in [-0.4, -0.2) is 39.7 Å². The van der Waals surface area contributed by atoms with Crippen LogP contribution < -0.4 is 5.73 Å². The van der Waals surface area contributed by atoms with Gasteiger partial charge in [-0.05, 0) is 32.8 Å². The highest BCUT2D eigenvalue weighted by molar-refractivity contribution is 5.76. The third-order valence-electron chi connectivity index (χ3n) is 3.36. The summed E-state index contributed by atoms with van der Waals surface area (Å²) in [6.45, 7) is 5.63. The number of aryl methyl sites for hydroxylation is 2. The average Bonchev–Trinajstić information content (AvgIpc) is 2.85. The molecule has 1 aliphatic heterocycles. The zero-order chi connectivity index (χ0) is 12.4. The van der Waals surface area contributed by atoms with Crippen molar-refractivity contribution in [3.8, 4) is 0 Å². The predicted molar refractivity (Wildman–Crippen MR) is 65.5 cm³/mol. The summed E-state index contributed by atoms with van der Waals surface area (Å²) in [6, 6.07) is 2.21. The summed E-state index contributed by atoms with van der Waals surface area (Å²) in [5, 5.41) is 4.31. The van der Waals surface area contributed by atoms with Crippen molar-refractivity contribution < 1.29 is 4.79 Å². The molecular weight excluding hydrogens is 216 g/mol. The maximum absolute atomic E-state index is 12.2. The number of hydrogen-bond acceptors (Lipinski definition) is 3. The molecule has 0 saturated carbocycles. The molecule has 1 unspecified atom stereocenters. The first kappa shape index (κ1) is 12.1. The van der Waals surface area contributed by atoms with E-state index in [0.29, 0.717) is 13.1 Å². The van der Waals surface area contributed by atoms with Gasteiger partial charge < -0.3 is 10.6 Å². The first-order chi connectivity index (χ1) is 8.11. The van der Waals surface area contributed by atoms with Crippen LogP contribution in [0.1, 0.15) is 24.2 Å². The highest BCUT2D eigenvalue weighted by atomic mass is 16.2. The molecule has 2 N–H and O–H groups in total. The summed E-state index contributed by atoms with van der Waals surface area (Å²) in [4.78, 5) is 14.1. The van der Waals surface area contributed by atoms with Gasteiger partial charge in [0, 0.05) is 24.8 Å². The van der Waals surface area contributed by atoms with Gasteiger partial charge in [-0.25, -0.2) is 0 Å². The minimum Gasteiger partial charge on any atom is -0.337 e. The maximum atomic E-state index is 12.2. The third kappa shape index (κ3) is 2.49. The van der Waals surface area contributed by atoms with E-state index < -0.39 is 0 Å². The fraction of sp³-hybridized carbons (Fsp3) is 0.667. The highest BCUT2D eigenvalue weighted by Crippen LogP contribution is 2.16. The van der Waals surface area contributed by atoms with E-state index in [9.17, 15) is 4.79 Å². The Labute approximate surface area is 102 Å². The van der Waals surface area contributed by atoms with Gasteiger partial charge in [0.05, 0.1) is 5.69 Å². The fourth-order valence-electron chi connectivity index (χ4n) is 2.46. The SMILES string of the molecule is Cc1cc(C)n(CC(=O)N2CCCC2CN)n1. The molecule has 5 heteroatoms. The van der Waals surface area contributed by atoms with E-state index in [1.165, 1.54) is 0 Å². The summed E-state index contributed by atoms with van der Waals surface area (Å²) < 4.78 is 1.77. The van der Waals surface area contributed by atoms with Crippen LogP contribution in [0.25, 0.3) is 0 Å². The normalized spacial score (nSPS) is 19.9. The Balaban J connectivity index is 2.04. The molecule has 1 amide bonds. The van der Waals surface area contributed by atoms with Crippen LogP contribution in [0.15, 0.2) is 6.07 Å². The topological polar surface area (TPSA) is 64.2 Å². The fourth-order valence-corrected chi connectivity index (χ4v) is 2.46. The van der Waals surface area contributed by atoms with Crippen molar-refractivity contribution in [1.29, 1.82) is 0 Å². The number of amides is 1. The van der Waals surface area contributed by atoms with Crippen molar-refractivity contribution >= 4 is 5.91 Å². The predicted octanol–water partition coefficient (Wildman–Crippen LogP) is 0.450. The number of rotatable bonds is 3. The second-order valence-corrected chi connectivity index (χ2v) is 4.70. The quantitative estimate of drug-likeness (QED) is 0.828. The molecule has 0 bridgehead atoms. The number of carbonyl (C=O) groups excluding carboxylic acids is 1. The van der Waals surface area contributed by atoms with Gasteiger partial charge in [-0.2, -0.15) is 5.10 Å². The molecule has 0 radical (unpaired) electrons. The number of likely N-dealkylation sites (tertiary alicyclic amines) is 1. The van der Waals surface area contributed by atoms with Crippen LogP contribution in [0.2, 0.25) is 0 Å². The van der Waals surface area contributed by atoms with Gasteiger partial charge >= 0.3 is 0 Å². The molecule has 1 aromatic rings. The maximum Gasteiger partial charge on any atom is 0.244 e. The molecule has 1 fully saturated rings. The zero-order valence-electron chi connectivity index (χ0n) is 10.5. The van der Waals surface area contributed by atoms with E-state index in [4.69, 9.17) is 5.73 Å².